The highest BCUT2D eigenvalue weighted by Gasteiger charge is 2.08. The van der Waals surface area contributed by atoms with Crippen LogP contribution in [0.1, 0.15) is 36.6 Å². The molecule has 1 heterocycles. The quantitative estimate of drug-likeness (QED) is 0.727. The van der Waals surface area contributed by atoms with Gasteiger partial charge in [-0.1, -0.05) is 13.8 Å². The number of aromatic nitrogens is 1. The molecular weight excluding hydrogens is 150 g/mol. The van der Waals surface area contributed by atoms with E-state index in [1.165, 1.54) is 11.1 Å². The van der Waals surface area contributed by atoms with Gasteiger partial charge in [-0.05, 0) is 30.0 Å². The summed E-state index contributed by atoms with van der Waals surface area (Å²) in [5.41, 5.74) is 3.20. The molecule has 0 spiro atoms. The number of hydrogen-bond donors (Lipinski definition) is 1. The van der Waals surface area contributed by atoms with Crippen molar-refractivity contribution in [1.82, 2.24) is 4.98 Å². The van der Waals surface area contributed by atoms with Crippen LogP contribution in [0.3, 0.4) is 0 Å². The molecular formula is C10H15NO. The van der Waals surface area contributed by atoms with E-state index in [4.69, 9.17) is 5.11 Å². The first-order chi connectivity index (χ1) is 5.66. The summed E-state index contributed by atoms with van der Waals surface area (Å²) in [6.45, 7) is 6.32. The standard InChI is InChI=1S/C10H15NO/c1-7(2)10-8(3)4-5-11-9(10)6-12/h4-5,7,12H,6H2,1-3H3. The second kappa shape index (κ2) is 3.68. The van der Waals surface area contributed by atoms with Gasteiger partial charge in [-0.25, -0.2) is 0 Å². The maximum Gasteiger partial charge on any atom is 0.0855 e. The predicted molar refractivity (Wildman–Crippen MR) is 49.0 cm³/mol. The van der Waals surface area contributed by atoms with Gasteiger partial charge in [0.1, 0.15) is 0 Å². The minimum absolute atomic E-state index is 0.0369. The lowest BCUT2D eigenvalue weighted by Crippen LogP contribution is -2.01. The van der Waals surface area contributed by atoms with Gasteiger partial charge in [0.05, 0.1) is 12.3 Å². The summed E-state index contributed by atoms with van der Waals surface area (Å²) in [5.74, 6) is 0.431. The molecule has 1 aromatic heterocycles. The van der Waals surface area contributed by atoms with E-state index in [0.717, 1.165) is 5.69 Å². The van der Waals surface area contributed by atoms with E-state index in [-0.39, 0.29) is 6.61 Å². The van der Waals surface area contributed by atoms with Crippen LogP contribution in [0.15, 0.2) is 12.3 Å². The normalized spacial score (nSPS) is 10.8. The van der Waals surface area contributed by atoms with E-state index in [9.17, 15) is 0 Å². The van der Waals surface area contributed by atoms with Gasteiger partial charge in [-0.2, -0.15) is 0 Å². The average Bonchev–Trinajstić information content (AvgIpc) is 2.03. The Balaban J connectivity index is 3.20. The molecule has 0 atom stereocenters. The Morgan fingerprint density at radius 1 is 1.50 bits per heavy atom. The van der Waals surface area contributed by atoms with Crippen LogP contribution < -0.4 is 0 Å². The fourth-order valence-corrected chi connectivity index (χ4v) is 1.54. The SMILES string of the molecule is Cc1ccnc(CO)c1C(C)C. The molecule has 0 amide bonds. The Morgan fingerprint density at radius 3 is 2.58 bits per heavy atom. The maximum absolute atomic E-state index is 9.03. The molecule has 0 fully saturated rings. The zero-order valence-corrected chi connectivity index (χ0v) is 7.83. The Labute approximate surface area is 73.3 Å². The smallest absolute Gasteiger partial charge is 0.0855 e. The summed E-state index contributed by atoms with van der Waals surface area (Å²) in [5, 5.41) is 9.03. The lowest BCUT2D eigenvalue weighted by molar-refractivity contribution is 0.275. The molecule has 12 heavy (non-hydrogen) atoms. The number of hydrogen-bond acceptors (Lipinski definition) is 2. The molecule has 2 heteroatoms. The van der Waals surface area contributed by atoms with E-state index in [2.05, 4.69) is 25.8 Å². The number of aliphatic hydroxyl groups excluding tert-OH is 1. The van der Waals surface area contributed by atoms with Crippen molar-refractivity contribution in [2.75, 3.05) is 0 Å². The fraction of sp³-hybridized carbons (Fsp3) is 0.500. The molecule has 0 saturated carbocycles. The summed E-state index contributed by atoms with van der Waals surface area (Å²) in [7, 11) is 0. The van der Waals surface area contributed by atoms with Gasteiger partial charge >= 0.3 is 0 Å². The van der Waals surface area contributed by atoms with Gasteiger partial charge in [0.2, 0.25) is 0 Å². The lowest BCUT2D eigenvalue weighted by Gasteiger charge is -2.12. The second-order valence-corrected chi connectivity index (χ2v) is 3.30. The Kier molecular flexibility index (Phi) is 2.82. The summed E-state index contributed by atoms with van der Waals surface area (Å²) >= 11 is 0. The number of rotatable bonds is 2. The minimum Gasteiger partial charge on any atom is -0.390 e. The highest BCUT2D eigenvalue weighted by Crippen LogP contribution is 2.21. The highest BCUT2D eigenvalue weighted by atomic mass is 16.3. The van der Waals surface area contributed by atoms with Crippen molar-refractivity contribution in [3.05, 3.63) is 29.1 Å². The van der Waals surface area contributed by atoms with E-state index < -0.39 is 0 Å². The van der Waals surface area contributed by atoms with Gasteiger partial charge in [0.15, 0.2) is 0 Å². The summed E-state index contributed by atoms with van der Waals surface area (Å²) in [6, 6.07) is 1.98. The van der Waals surface area contributed by atoms with E-state index >= 15 is 0 Å². The average molecular weight is 165 g/mol. The third-order valence-corrected chi connectivity index (χ3v) is 2.02. The first kappa shape index (κ1) is 9.20. The molecule has 2 nitrogen and oxygen atoms in total. The molecule has 0 aliphatic rings. The van der Waals surface area contributed by atoms with Crippen LogP contribution in [-0.2, 0) is 6.61 Å². The molecule has 1 aromatic rings. The zero-order chi connectivity index (χ0) is 9.14. The van der Waals surface area contributed by atoms with Crippen LogP contribution in [0.5, 0.6) is 0 Å². The zero-order valence-electron chi connectivity index (χ0n) is 7.83. The van der Waals surface area contributed by atoms with Gasteiger partial charge in [0.25, 0.3) is 0 Å². The number of aryl methyl sites for hydroxylation is 1. The van der Waals surface area contributed by atoms with Crippen molar-refractivity contribution in [3.63, 3.8) is 0 Å². The second-order valence-electron chi connectivity index (χ2n) is 3.30. The topological polar surface area (TPSA) is 33.1 Å². The van der Waals surface area contributed by atoms with Crippen LogP contribution in [0.25, 0.3) is 0 Å². The van der Waals surface area contributed by atoms with E-state index in [1.54, 1.807) is 6.20 Å². The molecule has 0 unspecified atom stereocenters. The van der Waals surface area contributed by atoms with Gasteiger partial charge in [0, 0.05) is 6.20 Å². The molecule has 0 bridgehead atoms. The van der Waals surface area contributed by atoms with Crippen molar-refractivity contribution >= 4 is 0 Å². The molecule has 0 saturated heterocycles. The van der Waals surface area contributed by atoms with Gasteiger partial charge in [-0.3, -0.25) is 4.98 Å². The van der Waals surface area contributed by atoms with Crippen molar-refractivity contribution in [1.29, 1.82) is 0 Å². The fourth-order valence-electron chi connectivity index (χ4n) is 1.54. The molecule has 0 aromatic carbocycles. The number of pyridine rings is 1. The van der Waals surface area contributed by atoms with Crippen LogP contribution in [0, 0.1) is 6.92 Å². The van der Waals surface area contributed by atoms with Crippen molar-refractivity contribution in [2.45, 2.75) is 33.3 Å². The molecule has 0 radical (unpaired) electrons. The molecule has 1 rings (SSSR count). The Morgan fingerprint density at radius 2 is 2.17 bits per heavy atom. The largest absolute Gasteiger partial charge is 0.390 e. The van der Waals surface area contributed by atoms with Crippen LogP contribution in [0.2, 0.25) is 0 Å². The first-order valence-electron chi connectivity index (χ1n) is 4.22. The summed E-state index contributed by atoms with van der Waals surface area (Å²) in [6.07, 6.45) is 1.74. The third kappa shape index (κ3) is 1.64. The van der Waals surface area contributed by atoms with Gasteiger partial charge in [-0.15, -0.1) is 0 Å². The molecule has 0 aliphatic heterocycles. The predicted octanol–water partition coefficient (Wildman–Crippen LogP) is 2.01. The maximum atomic E-state index is 9.03. The monoisotopic (exact) mass is 165 g/mol. The van der Waals surface area contributed by atoms with Crippen molar-refractivity contribution in [3.8, 4) is 0 Å². The number of aliphatic hydroxyl groups is 1. The van der Waals surface area contributed by atoms with Crippen LogP contribution >= 0.6 is 0 Å². The molecule has 1 N–H and O–H groups in total. The number of nitrogens with zero attached hydrogens (tertiary/aromatic N) is 1. The van der Waals surface area contributed by atoms with Crippen LogP contribution in [-0.4, -0.2) is 10.1 Å². The van der Waals surface area contributed by atoms with Gasteiger partial charge < -0.3 is 5.11 Å². The Bertz CT molecular complexity index is 269. The summed E-state index contributed by atoms with van der Waals surface area (Å²) < 4.78 is 0. The molecule has 66 valence electrons. The first-order valence-corrected chi connectivity index (χ1v) is 4.22. The van der Waals surface area contributed by atoms with E-state index in [1.807, 2.05) is 6.07 Å². The van der Waals surface area contributed by atoms with Crippen molar-refractivity contribution < 1.29 is 5.11 Å². The highest BCUT2D eigenvalue weighted by molar-refractivity contribution is 5.31. The lowest BCUT2D eigenvalue weighted by atomic mass is 9.97. The molecule has 0 aliphatic carbocycles. The van der Waals surface area contributed by atoms with Crippen LogP contribution in [0.4, 0.5) is 0 Å². The van der Waals surface area contributed by atoms with E-state index in [0.29, 0.717) is 5.92 Å². The minimum atomic E-state index is 0.0369. The van der Waals surface area contributed by atoms with Crippen molar-refractivity contribution in [2.24, 2.45) is 0 Å². The summed E-state index contributed by atoms with van der Waals surface area (Å²) in [4.78, 5) is 4.13. The third-order valence-electron chi connectivity index (χ3n) is 2.02. The Hall–Kier alpha value is -0.890.